The Kier molecular flexibility index (Phi) is 4.62. The molecule has 1 aromatic heterocycles. The lowest BCUT2D eigenvalue weighted by atomic mass is 10.1. The van der Waals surface area contributed by atoms with Crippen LogP contribution in [-0.2, 0) is 17.9 Å². The summed E-state index contributed by atoms with van der Waals surface area (Å²) in [5.74, 6) is -1.48. The molecule has 0 atom stereocenters. The van der Waals surface area contributed by atoms with Crippen molar-refractivity contribution in [1.29, 1.82) is 0 Å². The molecule has 0 saturated heterocycles. The van der Waals surface area contributed by atoms with E-state index in [1.165, 1.54) is 10.9 Å². The van der Waals surface area contributed by atoms with E-state index < -0.39 is 5.97 Å². The van der Waals surface area contributed by atoms with Crippen molar-refractivity contribution in [2.24, 2.45) is 0 Å². The molecule has 21 heavy (non-hydrogen) atoms. The Hall–Kier alpha value is -2.74. The highest BCUT2D eigenvalue weighted by molar-refractivity contribution is 5.91. The Bertz CT molecular complexity index is 653. The summed E-state index contributed by atoms with van der Waals surface area (Å²) in [6.45, 7) is 0.525. The molecule has 1 aromatic carbocycles. The molecule has 0 saturated carbocycles. The molecule has 0 fully saturated rings. The van der Waals surface area contributed by atoms with Gasteiger partial charge in [-0.1, -0.05) is 23.4 Å². The van der Waals surface area contributed by atoms with Crippen molar-refractivity contribution in [3.63, 3.8) is 0 Å². The molecule has 0 radical (unpaired) electrons. The molecule has 0 unspecified atom stereocenters. The molecule has 3 N–H and O–H groups in total. The highest BCUT2D eigenvalue weighted by atomic mass is 16.4. The van der Waals surface area contributed by atoms with Crippen LogP contribution in [0.4, 0.5) is 5.69 Å². The maximum atomic E-state index is 11.9. The number of carboxylic acid groups (broad SMARTS) is 1. The summed E-state index contributed by atoms with van der Waals surface area (Å²) in [6, 6.07) is 7.42. The van der Waals surface area contributed by atoms with Gasteiger partial charge >= 0.3 is 5.97 Å². The van der Waals surface area contributed by atoms with Crippen LogP contribution >= 0.6 is 0 Å². The van der Waals surface area contributed by atoms with E-state index in [0.29, 0.717) is 12.2 Å². The molecule has 0 aliphatic carbocycles. The quantitative estimate of drug-likeness (QED) is 0.707. The molecule has 8 nitrogen and oxygen atoms in total. The van der Waals surface area contributed by atoms with Gasteiger partial charge in [0.2, 0.25) is 5.91 Å². The molecule has 0 aliphatic rings. The van der Waals surface area contributed by atoms with Crippen molar-refractivity contribution in [3.8, 4) is 0 Å². The smallest absolute Gasteiger partial charge is 0.358 e. The Labute approximate surface area is 120 Å². The monoisotopic (exact) mass is 289 g/mol. The van der Waals surface area contributed by atoms with E-state index in [4.69, 9.17) is 5.11 Å². The van der Waals surface area contributed by atoms with Crippen molar-refractivity contribution in [2.45, 2.75) is 13.1 Å². The van der Waals surface area contributed by atoms with Gasteiger partial charge in [0, 0.05) is 12.2 Å². The Morgan fingerprint density at radius 1 is 1.33 bits per heavy atom. The molecule has 0 spiro atoms. The molecule has 2 aromatic rings. The second kappa shape index (κ2) is 6.62. The van der Waals surface area contributed by atoms with Gasteiger partial charge in [0.25, 0.3) is 0 Å². The fraction of sp³-hybridized carbons (Fsp3) is 0.231. The molecular formula is C13H15N5O3. The van der Waals surface area contributed by atoms with E-state index in [1.807, 2.05) is 25.2 Å². The number of para-hydroxylation sites is 1. The molecule has 110 valence electrons. The fourth-order valence-electron chi connectivity index (χ4n) is 1.80. The lowest BCUT2D eigenvalue weighted by Crippen LogP contribution is -2.20. The third-order valence-corrected chi connectivity index (χ3v) is 2.72. The third-order valence-electron chi connectivity index (χ3n) is 2.72. The Morgan fingerprint density at radius 3 is 2.76 bits per heavy atom. The highest BCUT2D eigenvalue weighted by Crippen LogP contribution is 2.14. The number of carboxylic acids is 1. The molecule has 2 rings (SSSR count). The highest BCUT2D eigenvalue weighted by Gasteiger charge is 2.11. The minimum atomic E-state index is -1.18. The van der Waals surface area contributed by atoms with E-state index in [0.717, 1.165) is 5.56 Å². The van der Waals surface area contributed by atoms with Crippen LogP contribution in [0.15, 0.2) is 30.5 Å². The third kappa shape index (κ3) is 3.86. The first kappa shape index (κ1) is 14.7. The molecule has 1 amide bonds. The zero-order valence-corrected chi connectivity index (χ0v) is 11.4. The van der Waals surface area contributed by atoms with Gasteiger partial charge in [-0.15, -0.1) is 5.10 Å². The lowest BCUT2D eigenvalue weighted by molar-refractivity contribution is -0.116. The van der Waals surface area contributed by atoms with Gasteiger partial charge in [-0.2, -0.15) is 0 Å². The predicted molar refractivity (Wildman–Crippen MR) is 74.8 cm³/mol. The topological polar surface area (TPSA) is 109 Å². The van der Waals surface area contributed by atoms with Crippen molar-refractivity contribution in [1.82, 2.24) is 20.3 Å². The summed E-state index contributed by atoms with van der Waals surface area (Å²) in [6.07, 6.45) is 1.21. The van der Waals surface area contributed by atoms with Gasteiger partial charge < -0.3 is 15.7 Å². The lowest BCUT2D eigenvalue weighted by Gasteiger charge is -2.10. The van der Waals surface area contributed by atoms with Gasteiger partial charge in [0.05, 0.1) is 6.20 Å². The molecule has 0 aliphatic heterocycles. The number of rotatable bonds is 6. The minimum absolute atomic E-state index is 0.103. The number of aromatic nitrogens is 3. The standard InChI is InChI=1S/C13H15N5O3/c1-14-6-9-4-2-3-5-10(9)15-12(19)8-18-7-11(13(20)21)16-17-18/h2-5,7,14H,6,8H2,1H3,(H,15,19)(H,20,21). The van der Waals surface area contributed by atoms with Crippen LogP contribution in [0.3, 0.4) is 0 Å². The first-order valence-corrected chi connectivity index (χ1v) is 6.26. The summed E-state index contributed by atoms with van der Waals surface area (Å²) in [5.41, 5.74) is 1.46. The summed E-state index contributed by atoms with van der Waals surface area (Å²) in [5, 5.41) is 21.6. The zero-order valence-electron chi connectivity index (χ0n) is 11.4. The number of benzene rings is 1. The van der Waals surface area contributed by atoms with Crippen LogP contribution < -0.4 is 10.6 Å². The van der Waals surface area contributed by atoms with Crippen LogP contribution in [0.2, 0.25) is 0 Å². The van der Waals surface area contributed by atoms with E-state index in [9.17, 15) is 9.59 Å². The number of amides is 1. The normalized spacial score (nSPS) is 10.3. The van der Waals surface area contributed by atoms with Crippen molar-refractivity contribution in [3.05, 3.63) is 41.7 Å². The van der Waals surface area contributed by atoms with E-state index in [2.05, 4.69) is 20.9 Å². The maximum Gasteiger partial charge on any atom is 0.358 e. The number of aromatic carboxylic acids is 1. The summed E-state index contributed by atoms with van der Waals surface area (Å²) in [4.78, 5) is 22.6. The SMILES string of the molecule is CNCc1ccccc1NC(=O)Cn1cc(C(=O)O)nn1. The average Bonchev–Trinajstić information content (AvgIpc) is 2.90. The Balaban J connectivity index is 2.02. The Morgan fingerprint density at radius 2 is 2.10 bits per heavy atom. The number of anilines is 1. The van der Waals surface area contributed by atoms with E-state index in [-0.39, 0.29) is 18.1 Å². The van der Waals surface area contributed by atoms with Crippen LogP contribution in [0.25, 0.3) is 0 Å². The summed E-state index contributed by atoms with van der Waals surface area (Å²) >= 11 is 0. The van der Waals surface area contributed by atoms with Crippen LogP contribution in [0, 0.1) is 0 Å². The number of nitrogens with zero attached hydrogens (tertiary/aromatic N) is 3. The van der Waals surface area contributed by atoms with Gasteiger partial charge in [-0.3, -0.25) is 4.79 Å². The van der Waals surface area contributed by atoms with Gasteiger partial charge in [-0.05, 0) is 18.7 Å². The number of nitrogens with one attached hydrogen (secondary N) is 2. The fourth-order valence-corrected chi connectivity index (χ4v) is 1.80. The second-order valence-corrected chi connectivity index (χ2v) is 4.34. The van der Waals surface area contributed by atoms with Gasteiger partial charge in [0.1, 0.15) is 6.54 Å². The first-order valence-electron chi connectivity index (χ1n) is 6.26. The summed E-state index contributed by atoms with van der Waals surface area (Å²) in [7, 11) is 1.82. The number of hydrogen-bond acceptors (Lipinski definition) is 5. The van der Waals surface area contributed by atoms with Crippen molar-refractivity contribution < 1.29 is 14.7 Å². The van der Waals surface area contributed by atoms with Gasteiger partial charge in [0.15, 0.2) is 5.69 Å². The molecule has 1 heterocycles. The number of carbonyl (C=O) groups excluding carboxylic acids is 1. The summed E-state index contributed by atoms with van der Waals surface area (Å²) < 4.78 is 1.18. The predicted octanol–water partition coefficient (Wildman–Crippen LogP) is 0.334. The molecular weight excluding hydrogens is 274 g/mol. The maximum absolute atomic E-state index is 11.9. The van der Waals surface area contributed by atoms with E-state index >= 15 is 0 Å². The minimum Gasteiger partial charge on any atom is -0.476 e. The first-order chi connectivity index (χ1) is 10.1. The molecule has 8 heteroatoms. The number of hydrogen-bond donors (Lipinski definition) is 3. The second-order valence-electron chi connectivity index (χ2n) is 4.34. The average molecular weight is 289 g/mol. The number of carbonyl (C=O) groups is 2. The van der Waals surface area contributed by atoms with Crippen LogP contribution in [0.1, 0.15) is 16.1 Å². The van der Waals surface area contributed by atoms with E-state index in [1.54, 1.807) is 6.07 Å². The van der Waals surface area contributed by atoms with Crippen LogP contribution in [0.5, 0.6) is 0 Å². The van der Waals surface area contributed by atoms with Gasteiger partial charge in [-0.25, -0.2) is 9.48 Å². The van der Waals surface area contributed by atoms with Crippen molar-refractivity contribution in [2.75, 3.05) is 12.4 Å². The zero-order chi connectivity index (χ0) is 15.2. The van der Waals surface area contributed by atoms with Crippen molar-refractivity contribution >= 4 is 17.6 Å². The molecule has 0 bridgehead atoms. The van der Waals surface area contributed by atoms with Crippen LogP contribution in [-0.4, -0.2) is 39.0 Å². The largest absolute Gasteiger partial charge is 0.476 e.